The number of nitrogens with zero attached hydrogens (tertiary/aromatic N) is 1. The summed E-state index contributed by atoms with van der Waals surface area (Å²) in [5, 5.41) is 9.13. The van der Waals surface area contributed by atoms with Gasteiger partial charge in [-0.05, 0) is 18.6 Å². The van der Waals surface area contributed by atoms with Gasteiger partial charge in [-0.2, -0.15) is 0 Å². The van der Waals surface area contributed by atoms with Gasteiger partial charge in [0.05, 0.1) is 5.69 Å². The number of carbonyl (C=O) groups excluding carboxylic acids is 1. The van der Waals surface area contributed by atoms with Crippen LogP contribution in [-0.4, -0.2) is 29.6 Å². The molecule has 90 valence electrons. The number of rotatable bonds is 3. The fraction of sp³-hybridized carbons (Fsp3) is 0.333. The van der Waals surface area contributed by atoms with Crippen LogP contribution < -0.4 is 9.64 Å². The first kappa shape index (κ1) is 11.4. The van der Waals surface area contributed by atoms with Crippen molar-refractivity contribution in [1.29, 1.82) is 0 Å². The number of fused-ring (bicyclic) bond motifs is 1. The molecule has 5 nitrogen and oxygen atoms in total. The molecule has 0 saturated heterocycles. The molecule has 0 aromatic heterocycles. The number of aliphatic carboxylic acids is 1. The summed E-state index contributed by atoms with van der Waals surface area (Å²) in [5.41, 5.74) is 0.526. The summed E-state index contributed by atoms with van der Waals surface area (Å²) in [5.74, 6) is -0.776. The number of amides is 1. The Morgan fingerprint density at radius 1 is 1.53 bits per heavy atom. The smallest absolute Gasteiger partial charge is 0.326 e. The maximum Gasteiger partial charge on any atom is 0.326 e. The van der Waals surface area contributed by atoms with Crippen molar-refractivity contribution in [1.82, 2.24) is 0 Å². The first-order valence-corrected chi connectivity index (χ1v) is 5.42. The van der Waals surface area contributed by atoms with E-state index in [0.717, 1.165) is 0 Å². The molecule has 0 bridgehead atoms. The van der Waals surface area contributed by atoms with E-state index < -0.39 is 12.0 Å². The van der Waals surface area contributed by atoms with Crippen molar-refractivity contribution in [3.05, 3.63) is 24.3 Å². The number of anilines is 1. The van der Waals surface area contributed by atoms with Gasteiger partial charge in [-0.15, -0.1) is 0 Å². The van der Waals surface area contributed by atoms with Crippen LogP contribution in [0.4, 0.5) is 5.69 Å². The van der Waals surface area contributed by atoms with E-state index in [-0.39, 0.29) is 12.5 Å². The third kappa shape index (κ3) is 1.95. The predicted molar refractivity (Wildman–Crippen MR) is 61.1 cm³/mol. The van der Waals surface area contributed by atoms with Crippen LogP contribution in [0.5, 0.6) is 5.75 Å². The van der Waals surface area contributed by atoms with E-state index in [1.165, 1.54) is 4.90 Å². The predicted octanol–water partition coefficient (Wildman–Crippen LogP) is 1.28. The fourth-order valence-corrected chi connectivity index (χ4v) is 1.93. The molecule has 5 heteroatoms. The van der Waals surface area contributed by atoms with Gasteiger partial charge >= 0.3 is 5.97 Å². The molecule has 0 radical (unpaired) electrons. The molecular weight excluding hydrogens is 222 g/mol. The minimum atomic E-state index is -1.00. The maximum absolute atomic E-state index is 11.8. The monoisotopic (exact) mass is 235 g/mol. The van der Waals surface area contributed by atoms with Crippen LogP contribution in [0.25, 0.3) is 0 Å². The quantitative estimate of drug-likeness (QED) is 0.856. The molecule has 17 heavy (non-hydrogen) atoms. The van der Waals surface area contributed by atoms with Crippen LogP contribution in [-0.2, 0) is 9.59 Å². The lowest BCUT2D eigenvalue weighted by Gasteiger charge is -2.33. The van der Waals surface area contributed by atoms with E-state index in [2.05, 4.69) is 0 Å². The zero-order valence-corrected chi connectivity index (χ0v) is 9.42. The van der Waals surface area contributed by atoms with Gasteiger partial charge in [0.1, 0.15) is 11.8 Å². The summed E-state index contributed by atoms with van der Waals surface area (Å²) in [6.45, 7) is 1.63. The second kappa shape index (κ2) is 4.45. The number of hydrogen-bond acceptors (Lipinski definition) is 3. The van der Waals surface area contributed by atoms with Gasteiger partial charge in [0, 0.05) is 0 Å². The maximum atomic E-state index is 11.8. The Labute approximate surface area is 98.6 Å². The highest BCUT2D eigenvalue weighted by molar-refractivity contribution is 6.02. The first-order valence-electron chi connectivity index (χ1n) is 5.42. The zero-order chi connectivity index (χ0) is 12.4. The van der Waals surface area contributed by atoms with Gasteiger partial charge in [-0.25, -0.2) is 4.79 Å². The average Bonchev–Trinajstić information content (AvgIpc) is 2.32. The molecule has 0 fully saturated rings. The summed E-state index contributed by atoms with van der Waals surface area (Å²) in [6, 6.07) is 6.12. The van der Waals surface area contributed by atoms with E-state index in [1.54, 1.807) is 31.2 Å². The molecule has 0 saturated carbocycles. The lowest BCUT2D eigenvalue weighted by Crippen LogP contribution is -2.49. The van der Waals surface area contributed by atoms with Gasteiger partial charge < -0.3 is 9.84 Å². The fourth-order valence-electron chi connectivity index (χ4n) is 1.93. The Bertz CT molecular complexity index is 458. The van der Waals surface area contributed by atoms with Gasteiger partial charge in [0.2, 0.25) is 0 Å². The van der Waals surface area contributed by atoms with Crippen molar-refractivity contribution in [3.8, 4) is 5.75 Å². The van der Waals surface area contributed by atoms with Gasteiger partial charge in [-0.1, -0.05) is 19.1 Å². The summed E-state index contributed by atoms with van der Waals surface area (Å²) >= 11 is 0. The molecule has 1 amide bonds. The van der Waals surface area contributed by atoms with E-state index in [9.17, 15) is 9.59 Å². The van der Waals surface area contributed by atoms with Crippen molar-refractivity contribution in [3.63, 3.8) is 0 Å². The Balaban J connectivity index is 2.45. The summed E-state index contributed by atoms with van der Waals surface area (Å²) in [6.07, 6.45) is 0.357. The Kier molecular flexibility index (Phi) is 2.99. The van der Waals surface area contributed by atoms with E-state index >= 15 is 0 Å². The highest BCUT2D eigenvalue weighted by Gasteiger charge is 2.34. The van der Waals surface area contributed by atoms with Gasteiger partial charge in [0.25, 0.3) is 5.91 Å². The minimum Gasteiger partial charge on any atom is -0.482 e. The molecule has 0 spiro atoms. The molecule has 1 N–H and O–H groups in total. The molecule has 1 aliphatic heterocycles. The van der Waals surface area contributed by atoms with Crippen molar-refractivity contribution < 1.29 is 19.4 Å². The molecule has 1 aromatic rings. The number of carboxylic acids is 1. The standard InChI is InChI=1S/C12H13NO4/c1-2-8(12(15)16)13-9-5-3-4-6-10(9)17-7-11(13)14/h3-6,8H,2,7H2,1H3,(H,15,16)/t8-/m0/s1. The largest absolute Gasteiger partial charge is 0.482 e. The van der Waals surface area contributed by atoms with E-state index in [0.29, 0.717) is 17.9 Å². The van der Waals surface area contributed by atoms with Crippen molar-refractivity contribution in [2.24, 2.45) is 0 Å². The molecule has 2 rings (SSSR count). The Morgan fingerprint density at radius 3 is 2.88 bits per heavy atom. The Morgan fingerprint density at radius 2 is 2.24 bits per heavy atom. The molecule has 0 unspecified atom stereocenters. The van der Waals surface area contributed by atoms with Crippen LogP contribution in [0.15, 0.2) is 24.3 Å². The SMILES string of the molecule is CC[C@@H](C(=O)O)N1C(=O)COc2ccccc21. The molecule has 0 aliphatic carbocycles. The van der Waals surface area contributed by atoms with Gasteiger partial charge in [-0.3, -0.25) is 9.69 Å². The van der Waals surface area contributed by atoms with Crippen LogP contribution in [0.2, 0.25) is 0 Å². The third-order valence-corrected chi connectivity index (χ3v) is 2.73. The summed E-state index contributed by atoms with van der Waals surface area (Å²) in [7, 11) is 0. The number of ether oxygens (including phenoxy) is 1. The summed E-state index contributed by atoms with van der Waals surface area (Å²) < 4.78 is 5.26. The topological polar surface area (TPSA) is 66.8 Å². The molecule has 1 atom stereocenters. The highest BCUT2D eigenvalue weighted by Crippen LogP contribution is 2.33. The average molecular weight is 235 g/mol. The van der Waals surface area contributed by atoms with Crippen molar-refractivity contribution in [2.75, 3.05) is 11.5 Å². The van der Waals surface area contributed by atoms with Crippen LogP contribution >= 0.6 is 0 Å². The van der Waals surface area contributed by atoms with Gasteiger partial charge in [0.15, 0.2) is 6.61 Å². The second-order valence-electron chi connectivity index (χ2n) is 3.78. The zero-order valence-electron chi connectivity index (χ0n) is 9.42. The van der Waals surface area contributed by atoms with Crippen molar-refractivity contribution >= 4 is 17.6 Å². The molecule has 1 aliphatic rings. The minimum absolute atomic E-state index is 0.110. The van der Waals surface area contributed by atoms with Crippen LogP contribution in [0, 0.1) is 0 Å². The normalized spacial score (nSPS) is 16.1. The number of carboxylic acid groups (broad SMARTS) is 1. The number of para-hydroxylation sites is 2. The number of benzene rings is 1. The van der Waals surface area contributed by atoms with Crippen molar-refractivity contribution in [2.45, 2.75) is 19.4 Å². The second-order valence-corrected chi connectivity index (χ2v) is 3.78. The van der Waals surface area contributed by atoms with Crippen LogP contribution in [0.1, 0.15) is 13.3 Å². The lowest BCUT2D eigenvalue weighted by molar-refractivity contribution is -0.140. The molecule has 1 heterocycles. The molecular formula is C12H13NO4. The van der Waals surface area contributed by atoms with Crippen LogP contribution in [0.3, 0.4) is 0 Å². The molecule has 1 aromatic carbocycles. The highest BCUT2D eigenvalue weighted by atomic mass is 16.5. The lowest BCUT2D eigenvalue weighted by atomic mass is 10.1. The number of hydrogen-bond donors (Lipinski definition) is 1. The Hall–Kier alpha value is -2.04. The van der Waals surface area contributed by atoms with E-state index in [4.69, 9.17) is 9.84 Å². The first-order chi connectivity index (χ1) is 8.15. The van der Waals surface area contributed by atoms with E-state index in [1.807, 2.05) is 0 Å². The third-order valence-electron chi connectivity index (χ3n) is 2.73. The summed E-state index contributed by atoms with van der Waals surface area (Å²) in [4.78, 5) is 24.3. The number of carbonyl (C=O) groups is 2.